The largest absolute Gasteiger partial charge is 0.493 e. The summed E-state index contributed by atoms with van der Waals surface area (Å²) in [6.07, 6.45) is 0. The third kappa shape index (κ3) is 4.63. The topological polar surface area (TPSA) is 59.6 Å². The van der Waals surface area contributed by atoms with Crippen LogP contribution in [-0.4, -0.2) is 26.7 Å². The number of benzene rings is 2. The molecular formula is C17H19BrN2O3. The van der Waals surface area contributed by atoms with Gasteiger partial charge in [0.1, 0.15) is 0 Å². The van der Waals surface area contributed by atoms with Crippen LogP contribution < -0.4 is 20.1 Å². The average Bonchev–Trinajstić information content (AvgIpc) is 2.55. The molecule has 2 rings (SSSR count). The van der Waals surface area contributed by atoms with Crippen molar-refractivity contribution in [1.29, 1.82) is 0 Å². The lowest BCUT2D eigenvalue weighted by atomic mass is 10.2. The molecule has 6 heteroatoms. The number of nitrogens with one attached hydrogen (secondary N) is 2. The summed E-state index contributed by atoms with van der Waals surface area (Å²) in [6, 6.07) is 11.1. The summed E-state index contributed by atoms with van der Waals surface area (Å²) in [7, 11) is 3.13. The van der Waals surface area contributed by atoms with Crippen molar-refractivity contribution < 1.29 is 14.3 Å². The van der Waals surface area contributed by atoms with E-state index in [1.165, 1.54) is 0 Å². The summed E-state index contributed by atoms with van der Waals surface area (Å²) in [5, 5.41) is 5.91. The summed E-state index contributed by atoms with van der Waals surface area (Å²) in [4.78, 5) is 12.0. The quantitative estimate of drug-likeness (QED) is 0.801. The van der Waals surface area contributed by atoms with Crippen molar-refractivity contribution in [2.24, 2.45) is 0 Å². The molecule has 2 aromatic carbocycles. The van der Waals surface area contributed by atoms with Crippen LogP contribution in [0.25, 0.3) is 0 Å². The van der Waals surface area contributed by atoms with E-state index in [2.05, 4.69) is 26.6 Å². The molecule has 0 spiro atoms. The number of ether oxygens (including phenoxy) is 2. The van der Waals surface area contributed by atoms with Gasteiger partial charge in [0.25, 0.3) is 0 Å². The van der Waals surface area contributed by atoms with Gasteiger partial charge in [-0.3, -0.25) is 4.79 Å². The van der Waals surface area contributed by atoms with E-state index in [0.29, 0.717) is 17.2 Å². The van der Waals surface area contributed by atoms with Gasteiger partial charge in [-0.2, -0.15) is 0 Å². The number of rotatable bonds is 6. The van der Waals surface area contributed by atoms with Gasteiger partial charge in [0.05, 0.1) is 20.8 Å². The minimum atomic E-state index is -0.141. The van der Waals surface area contributed by atoms with Crippen molar-refractivity contribution in [3.05, 3.63) is 46.4 Å². The molecule has 0 aliphatic carbocycles. The van der Waals surface area contributed by atoms with E-state index in [-0.39, 0.29) is 12.5 Å². The predicted molar refractivity (Wildman–Crippen MR) is 95.5 cm³/mol. The molecule has 0 bridgehead atoms. The highest BCUT2D eigenvalue weighted by atomic mass is 79.9. The Kier molecular flexibility index (Phi) is 5.87. The number of halogens is 1. The number of methoxy groups -OCH3 is 2. The van der Waals surface area contributed by atoms with Crippen LogP contribution >= 0.6 is 15.9 Å². The maximum Gasteiger partial charge on any atom is 0.243 e. The average molecular weight is 379 g/mol. The van der Waals surface area contributed by atoms with Crippen molar-refractivity contribution in [2.75, 3.05) is 31.4 Å². The first-order valence-corrected chi connectivity index (χ1v) is 7.84. The maximum absolute atomic E-state index is 12.0. The van der Waals surface area contributed by atoms with Crippen LogP contribution in [0.15, 0.2) is 40.9 Å². The molecule has 0 atom stereocenters. The first kappa shape index (κ1) is 17.1. The third-order valence-corrected chi connectivity index (χ3v) is 4.17. The lowest BCUT2D eigenvalue weighted by Crippen LogP contribution is -2.21. The SMILES string of the molecule is COc1ccc(NC(=O)CNc2ccc(Br)c(C)c2)cc1OC. The van der Waals surface area contributed by atoms with Gasteiger partial charge < -0.3 is 20.1 Å². The summed E-state index contributed by atoms with van der Waals surface area (Å²) in [5.74, 6) is 1.05. The summed E-state index contributed by atoms with van der Waals surface area (Å²) < 4.78 is 11.4. The molecule has 0 fully saturated rings. The second-order valence-corrected chi connectivity index (χ2v) is 5.79. The zero-order valence-corrected chi connectivity index (χ0v) is 14.9. The van der Waals surface area contributed by atoms with Gasteiger partial charge >= 0.3 is 0 Å². The highest BCUT2D eigenvalue weighted by Gasteiger charge is 2.07. The monoisotopic (exact) mass is 378 g/mol. The number of hydrogen-bond acceptors (Lipinski definition) is 4. The van der Waals surface area contributed by atoms with Gasteiger partial charge in [-0.25, -0.2) is 0 Å². The Balaban J connectivity index is 1.95. The van der Waals surface area contributed by atoms with E-state index >= 15 is 0 Å². The molecular weight excluding hydrogens is 360 g/mol. The Bertz CT molecular complexity index is 704. The number of amides is 1. The van der Waals surface area contributed by atoms with Gasteiger partial charge in [-0.15, -0.1) is 0 Å². The summed E-state index contributed by atoms with van der Waals surface area (Å²) in [5.41, 5.74) is 2.66. The van der Waals surface area contributed by atoms with Crippen LogP contribution in [0.4, 0.5) is 11.4 Å². The Morgan fingerprint density at radius 2 is 1.74 bits per heavy atom. The first-order valence-electron chi connectivity index (χ1n) is 7.05. The van der Waals surface area contributed by atoms with E-state index in [4.69, 9.17) is 9.47 Å². The number of aryl methyl sites for hydroxylation is 1. The van der Waals surface area contributed by atoms with E-state index in [0.717, 1.165) is 15.7 Å². The molecule has 0 heterocycles. The highest BCUT2D eigenvalue weighted by Crippen LogP contribution is 2.29. The van der Waals surface area contributed by atoms with E-state index < -0.39 is 0 Å². The first-order chi connectivity index (χ1) is 11.0. The standard InChI is InChI=1S/C17H19BrN2O3/c1-11-8-12(4-6-14(11)18)19-10-17(21)20-13-5-7-15(22-2)16(9-13)23-3/h4-9,19H,10H2,1-3H3,(H,20,21). The van der Waals surface area contributed by atoms with Crippen molar-refractivity contribution in [1.82, 2.24) is 0 Å². The molecule has 0 saturated heterocycles. The Labute approximate surface area is 144 Å². The molecule has 1 amide bonds. The minimum absolute atomic E-state index is 0.141. The van der Waals surface area contributed by atoms with E-state index in [9.17, 15) is 4.79 Å². The lowest BCUT2D eigenvalue weighted by Gasteiger charge is -2.11. The normalized spacial score (nSPS) is 10.1. The lowest BCUT2D eigenvalue weighted by molar-refractivity contribution is -0.114. The fraction of sp³-hybridized carbons (Fsp3) is 0.235. The zero-order chi connectivity index (χ0) is 16.8. The third-order valence-electron chi connectivity index (χ3n) is 3.28. The van der Waals surface area contributed by atoms with Crippen molar-refractivity contribution >= 4 is 33.2 Å². The van der Waals surface area contributed by atoms with Crippen LogP contribution in [0.3, 0.4) is 0 Å². The van der Waals surface area contributed by atoms with Crippen LogP contribution in [0.5, 0.6) is 11.5 Å². The second kappa shape index (κ2) is 7.87. The van der Waals surface area contributed by atoms with Crippen molar-refractivity contribution in [3.63, 3.8) is 0 Å². The van der Waals surface area contributed by atoms with E-state index in [1.807, 2.05) is 25.1 Å². The molecule has 0 aliphatic heterocycles. The molecule has 2 aromatic rings. The van der Waals surface area contributed by atoms with E-state index in [1.54, 1.807) is 32.4 Å². The molecule has 0 unspecified atom stereocenters. The predicted octanol–water partition coefficient (Wildman–Crippen LogP) is 3.83. The van der Waals surface area contributed by atoms with Crippen LogP contribution in [0.2, 0.25) is 0 Å². The van der Waals surface area contributed by atoms with Gasteiger partial charge in [-0.05, 0) is 42.8 Å². The maximum atomic E-state index is 12.0. The molecule has 122 valence electrons. The fourth-order valence-electron chi connectivity index (χ4n) is 2.06. The van der Waals surface area contributed by atoms with Gasteiger partial charge in [0, 0.05) is 21.9 Å². The number of carbonyl (C=O) groups is 1. The Morgan fingerprint density at radius 3 is 2.39 bits per heavy atom. The van der Waals surface area contributed by atoms with Crippen LogP contribution in [-0.2, 0) is 4.79 Å². The Morgan fingerprint density at radius 1 is 1.04 bits per heavy atom. The fourth-order valence-corrected chi connectivity index (χ4v) is 2.30. The molecule has 0 aliphatic rings. The smallest absolute Gasteiger partial charge is 0.243 e. The number of carbonyl (C=O) groups excluding carboxylic acids is 1. The number of hydrogen-bond donors (Lipinski definition) is 2. The summed E-state index contributed by atoms with van der Waals surface area (Å²) in [6.45, 7) is 2.17. The van der Waals surface area contributed by atoms with Gasteiger partial charge in [0.15, 0.2) is 11.5 Å². The Hall–Kier alpha value is -2.21. The molecule has 0 radical (unpaired) electrons. The minimum Gasteiger partial charge on any atom is -0.493 e. The van der Waals surface area contributed by atoms with Gasteiger partial charge in [-0.1, -0.05) is 15.9 Å². The summed E-state index contributed by atoms with van der Waals surface area (Å²) >= 11 is 3.45. The number of anilines is 2. The van der Waals surface area contributed by atoms with Crippen molar-refractivity contribution in [3.8, 4) is 11.5 Å². The zero-order valence-electron chi connectivity index (χ0n) is 13.3. The van der Waals surface area contributed by atoms with Gasteiger partial charge in [0.2, 0.25) is 5.91 Å². The molecule has 5 nitrogen and oxygen atoms in total. The van der Waals surface area contributed by atoms with Crippen LogP contribution in [0.1, 0.15) is 5.56 Å². The molecule has 0 saturated carbocycles. The molecule has 2 N–H and O–H groups in total. The highest BCUT2D eigenvalue weighted by molar-refractivity contribution is 9.10. The van der Waals surface area contributed by atoms with Crippen LogP contribution in [0, 0.1) is 6.92 Å². The van der Waals surface area contributed by atoms with Crippen molar-refractivity contribution in [2.45, 2.75) is 6.92 Å². The molecule has 0 aromatic heterocycles. The second-order valence-electron chi connectivity index (χ2n) is 4.94. The molecule has 23 heavy (non-hydrogen) atoms.